The molecular formula is C7H9N3O2S. The molecule has 0 saturated carbocycles. The number of hydrogen-bond acceptors (Lipinski definition) is 4. The Labute approximate surface area is 79.2 Å². The fourth-order valence-electron chi connectivity index (χ4n) is 0.835. The van der Waals surface area contributed by atoms with Crippen molar-refractivity contribution < 1.29 is 4.79 Å². The van der Waals surface area contributed by atoms with Crippen LogP contribution in [0.2, 0.25) is 0 Å². The molecule has 1 heterocycles. The van der Waals surface area contributed by atoms with Crippen molar-refractivity contribution in [1.82, 2.24) is 9.55 Å². The molecule has 0 unspecified atom stereocenters. The van der Waals surface area contributed by atoms with Crippen LogP contribution in [0.5, 0.6) is 0 Å². The Bertz CT molecular complexity index is 374. The van der Waals surface area contributed by atoms with Gasteiger partial charge in [-0.25, -0.2) is 4.98 Å². The van der Waals surface area contributed by atoms with Crippen LogP contribution >= 0.6 is 11.8 Å². The van der Waals surface area contributed by atoms with Gasteiger partial charge >= 0.3 is 0 Å². The lowest BCUT2D eigenvalue weighted by molar-refractivity contribution is -0.105. The average molecular weight is 199 g/mol. The minimum atomic E-state index is -0.191. The highest BCUT2D eigenvalue weighted by Gasteiger charge is 2.02. The first-order chi connectivity index (χ1) is 6.19. The number of amides is 1. The van der Waals surface area contributed by atoms with Crippen molar-refractivity contribution in [2.45, 2.75) is 5.16 Å². The van der Waals surface area contributed by atoms with E-state index in [9.17, 15) is 9.59 Å². The summed E-state index contributed by atoms with van der Waals surface area (Å²) >= 11 is 1.35. The van der Waals surface area contributed by atoms with Crippen LogP contribution in [0.4, 0.5) is 5.82 Å². The maximum atomic E-state index is 11.2. The van der Waals surface area contributed by atoms with E-state index >= 15 is 0 Å². The van der Waals surface area contributed by atoms with Gasteiger partial charge in [0.05, 0.1) is 0 Å². The summed E-state index contributed by atoms with van der Waals surface area (Å²) in [5.41, 5.74) is -0.191. The zero-order valence-corrected chi connectivity index (χ0v) is 8.09. The van der Waals surface area contributed by atoms with E-state index in [0.29, 0.717) is 11.6 Å². The predicted molar refractivity (Wildman–Crippen MR) is 50.9 cm³/mol. The van der Waals surface area contributed by atoms with Crippen molar-refractivity contribution in [3.63, 3.8) is 0 Å². The van der Waals surface area contributed by atoms with Gasteiger partial charge in [0, 0.05) is 13.1 Å². The lowest BCUT2D eigenvalue weighted by Gasteiger charge is -2.05. The van der Waals surface area contributed by atoms with Gasteiger partial charge in [-0.1, -0.05) is 11.8 Å². The van der Waals surface area contributed by atoms with Gasteiger partial charge < -0.3 is 5.32 Å². The van der Waals surface area contributed by atoms with Crippen LogP contribution in [-0.4, -0.2) is 22.2 Å². The van der Waals surface area contributed by atoms with E-state index in [4.69, 9.17) is 0 Å². The molecule has 0 aliphatic heterocycles. The molecule has 5 nitrogen and oxygen atoms in total. The third kappa shape index (κ3) is 2.09. The number of nitrogens with one attached hydrogen (secondary N) is 1. The molecule has 0 fully saturated rings. The molecule has 0 spiro atoms. The number of thioether (sulfide) groups is 1. The fraction of sp³-hybridized carbons (Fsp3) is 0.286. The van der Waals surface area contributed by atoms with Crippen LogP contribution in [0, 0.1) is 0 Å². The molecule has 6 heteroatoms. The molecule has 70 valence electrons. The molecule has 0 radical (unpaired) electrons. The van der Waals surface area contributed by atoms with Crippen molar-refractivity contribution in [1.29, 1.82) is 0 Å². The molecule has 0 aliphatic rings. The van der Waals surface area contributed by atoms with Crippen LogP contribution in [0.15, 0.2) is 16.0 Å². The number of carbonyl (C=O) groups excluding carboxylic acids is 1. The van der Waals surface area contributed by atoms with E-state index in [0.717, 1.165) is 0 Å². The van der Waals surface area contributed by atoms with E-state index in [1.54, 1.807) is 7.05 Å². The van der Waals surface area contributed by atoms with Crippen molar-refractivity contribution in [2.75, 3.05) is 11.6 Å². The maximum Gasteiger partial charge on any atom is 0.256 e. The molecule has 1 rings (SSSR count). The van der Waals surface area contributed by atoms with Crippen LogP contribution in [-0.2, 0) is 11.8 Å². The predicted octanol–water partition coefficient (Wildman–Crippen LogP) is 0.0705. The van der Waals surface area contributed by atoms with Crippen molar-refractivity contribution in [2.24, 2.45) is 7.05 Å². The van der Waals surface area contributed by atoms with Gasteiger partial charge in [0.25, 0.3) is 5.56 Å². The zero-order chi connectivity index (χ0) is 9.84. The Balaban J connectivity index is 3.21. The summed E-state index contributed by atoms with van der Waals surface area (Å²) in [4.78, 5) is 25.4. The first-order valence-corrected chi connectivity index (χ1v) is 4.73. The second-order valence-corrected chi connectivity index (χ2v) is 3.06. The normalized spacial score (nSPS) is 9.69. The zero-order valence-electron chi connectivity index (χ0n) is 7.27. The summed E-state index contributed by atoms with van der Waals surface area (Å²) in [5.74, 6) is 0.280. The van der Waals surface area contributed by atoms with E-state index in [1.807, 2.05) is 6.26 Å². The summed E-state index contributed by atoms with van der Waals surface area (Å²) < 4.78 is 1.42. The first kappa shape index (κ1) is 9.79. The highest BCUT2D eigenvalue weighted by molar-refractivity contribution is 7.98. The van der Waals surface area contributed by atoms with Gasteiger partial charge in [-0.2, -0.15) is 0 Å². The lowest BCUT2D eigenvalue weighted by atomic mass is 10.5. The Hall–Kier alpha value is -1.30. The first-order valence-electron chi connectivity index (χ1n) is 3.51. The van der Waals surface area contributed by atoms with Crippen LogP contribution in [0.3, 0.4) is 0 Å². The Morgan fingerprint density at radius 2 is 2.38 bits per heavy atom. The summed E-state index contributed by atoms with van der Waals surface area (Å²) in [6.07, 6.45) is 2.30. The van der Waals surface area contributed by atoms with Crippen LogP contribution in [0.1, 0.15) is 0 Å². The van der Waals surface area contributed by atoms with Crippen molar-refractivity contribution >= 4 is 24.0 Å². The topological polar surface area (TPSA) is 64.0 Å². The fourth-order valence-corrected chi connectivity index (χ4v) is 1.39. The number of nitrogens with zero attached hydrogens (tertiary/aromatic N) is 2. The third-order valence-corrected chi connectivity index (χ3v) is 2.21. The Morgan fingerprint density at radius 3 is 2.92 bits per heavy atom. The molecule has 0 aromatic carbocycles. The summed E-state index contributed by atoms with van der Waals surface area (Å²) in [6.45, 7) is 0. The molecule has 1 N–H and O–H groups in total. The van der Waals surface area contributed by atoms with Gasteiger partial charge in [-0.05, 0) is 6.26 Å². The van der Waals surface area contributed by atoms with Gasteiger partial charge in [0.2, 0.25) is 6.41 Å². The highest BCUT2D eigenvalue weighted by Crippen LogP contribution is 2.10. The molecule has 13 heavy (non-hydrogen) atoms. The number of hydrogen-bond donors (Lipinski definition) is 1. The number of carbonyl (C=O) groups is 1. The van der Waals surface area contributed by atoms with Gasteiger partial charge in [0.1, 0.15) is 5.82 Å². The standard InChI is InChI=1S/C7H9N3O2S/c1-10-6(12)3-5(8-4-11)9-7(10)13-2/h3-4H,1-2H3,(H,8,11). The second-order valence-electron chi connectivity index (χ2n) is 2.29. The molecule has 0 atom stereocenters. The Morgan fingerprint density at radius 1 is 1.69 bits per heavy atom. The average Bonchev–Trinajstić information content (AvgIpc) is 2.11. The summed E-state index contributed by atoms with van der Waals surface area (Å²) in [6, 6.07) is 1.27. The highest BCUT2D eigenvalue weighted by atomic mass is 32.2. The van der Waals surface area contributed by atoms with E-state index in [-0.39, 0.29) is 11.4 Å². The summed E-state index contributed by atoms with van der Waals surface area (Å²) in [5, 5.41) is 2.90. The Kier molecular flexibility index (Phi) is 3.07. The summed E-state index contributed by atoms with van der Waals surface area (Å²) in [7, 11) is 1.63. The van der Waals surface area contributed by atoms with Crippen molar-refractivity contribution in [3.05, 3.63) is 16.4 Å². The van der Waals surface area contributed by atoms with Gasteiger partial charge in [-0.3, -0.25) is 14.2 Å². The molecular weight excluding hydrogens is 190 g/mol. The minimum absolute atomic E-state index is 0.191. The maximum absolute atomic E-state index is 11.2. The number of aromatic nitrogens is 2. The largest absolute Gasteiger partial charge is 0.313 e. The van der Waals surface area contributed by atoms with Gasteiger partial charge in [-0.15, -0.1) is 0 Å². The molecule has 1 aromatic rings. The van der Waals surface area contributed by atoms with Crippen molar-refractivity contribution in [3.8, 4) is 0 Å². The quantitative estimate of drug-likeness (QED) is 0.425. The number of rotatable bonds is 3. The second kappa shape index (κ2) is 4.08. The minimum Gasteiger partial charge on any atom is -0.313 e. The SMILES string of the molecule is CSc1nc(NC=O)cc(=O)n1C. The molecule has 0 bridgehead atoms. The third-order valence-electron chi connectivity index (χ3n) is 1.48. The van der Waals surface area contributed by atoms with Crippen LogP contribution in [0.25, 0.3) is 0 Å². The molecule has 0 aliphatic carbocycles. The van der Waals surface area contributed by atoms with Gasteiger partial charge in [0.15, 0.2) is 5.16 Å². The molecule has 0 saturated heterocycles. The number of anilines is 1. The van der Waals surface area contributed by atoms with E-state index < -0.39 is 0 Å². The smallest absolute Gasteiger partial charge is 0.256 e. The monoisotopic (exact) mass is 199 g/mol. The van der Waals surface area contributed by atoms with E-state index in [1.165, 1.54) is 22.4 Å². The molecule has 1 amide bonds. The molecule has 1 aromatic heterocycles. The lowest BCUT2D eigenvalue weighted by Crippen LogP contribution is -2.19. The van der Waals surface area contributed by atoms with Crippen LogP contribution < -0.4 is 10.9 Å². The van der Waals surface area contributed by atoms with E-state index in [2.05, 4.69) is 10.3 Å².